The minimum atomic E-state index is -0.557. The number of benzene rings is 2. The molecule has 218 valence electrons. The molecule has 1 saturated heterocycles. The lowest BCUT2D eigenvalue weighted by Crippen LogP contribution is -2.44. The van der Waals surface area contributed by atoms with Crippen LogP contribution in [0.25, 0.3) is 33.4 Å². The van der Waals surface area contributed by atoms with Crippen LogP contribution in [0.2, 0.25) is 0 Å². The minimum Gasteiger partial charge on any atom is -0.460 e. The Morgan fingerprint density at radius 1 is 1.00 bits per heavy atom. The van der Waals surface area contributed by atoms with Crippen LogP contribution in [0.5, 0.6) is 0 Å². The number of esters is 1. The standard InChI is InChI=1S/C35H40N4O3/c1-7-29(40)21-27-20-26(9-8-23(27)2)32-30-18-24(19-31(41)42-35(3,4)5)22-36-34(30)37-33(32)25-10-12-28(13-11-25)39-16-14-38(6)15-17-39/h7-13,18,20,22H,1,14-17,19,21H2,2-6H3,(H,36,37). The number of hydrogen-bond donors (Lipinski definition) is 1. The SMILES string of the molecule is C=CC(=O)Cc1cc(-c2c(-c3ccc(N4CCN(C)CC4)cc3)[nH]c3ncc(CC(=O)OC(C)(C)C)cc23)ccc1C. The number of piperazine rings is 1. The van der Waals surface area contributed by atoms with Gasteiger partial charge in [-0.15, -0.1) is 0 Å². The molecule has 0 atom stereocenters. The van der Waals surface area contributed by atoms with E-state index >= 15 is 0 Å². The molecule has 0 bridgehead atoms. The Labute approximate surface area is 248 Å². The molecule has 0 unspecified atom stereocenters. The third-order valence-electron chi connectivity index (χ3n) is 7.73. The molecule has 1 N–H and O–H groups in total. The summed E-state index contributed by atoms with van der Waals surface area (Å²) in [5.41, 5.74) is 8.14. The molecule has 5 rings (SSSR count). The lowest BCUT2D eigenvalue weighted by Gasteiger charge is -2.34. The second-order valence-electron chi connectivity index (χ2n) is 12.2. The second kappa shape index (κ2) is 11.9. The first-order chi connectivity index (χ1) is 20.0. The Kier molecular flexibility index (Phi) is 8.32. The maximum atomic E-state index is 12.6. The van der Waals surface area contributed by atoms with Gasteiger partial charge < -0.3 is 19.5 Å². The number of nitrogens with one attached hydrogen (secondary N) is 1. The van der Waals surface area contributed by atoms with Crippen molar-refractivity contribution in [3.63, 3.8) is 0 Å². The summed E-state index contributed by atoms with van der Waals surface area (Å²) in [4.78, 5) is 38.0. The van der Waals surface area contributed by atoms with E-state index in [1.54, 1.807) is 6.20 Å². The molecule has 0 aliphatic carbocycles. The van der Waals surface area contributed by atoms with E-state index in [9.17, 15) is 9.59 Å². The van der Waals surface area contributed by atoms with Crippen LogP contribution in [0.15, 0.2) is 67.4 Å². The van der Waals surface area contributed by atoms with Crippen molar-refractivity contribution < 1.29 is 14.3 Å². The van der Waals surface area contributed by atoms with E-state index in [-0.39, 0.29) is 18.2 Å². The summed E-state index contributed by atoms with van der Waals surface area (Å²) in [6.45, 7) is 15.4. The maximum Gasteiger partial charge on any atom is 0.310 e. The van der Waals surface area contributed by atoms with Gasteiger partial charge in [0.05, 0.1) is 12.1 Å². The Bertz CT molecular complexity index is 1620. The fourth-order valence-electron chi connectivity index (χ4n) is 5.45. The van der Waals surface area contributed by atoms with E-state index in [0.29, 0.717) is 6.42 Å². The van der Waals surface area contributed by atoms with E-state index in [2.05, 4.69) is 70.9 Å². The zero-order chi connectivity index (χ0) is 30.0. The number of rotatable bonds is 8. The normalized spacial score (nSPS) is 14.3. The summed E-state index contributed by atoms with van der Waals surface area (Å²) in [5.74, 6) is -0.309. The van der Waals surface area contributed by atoms with E-state index in [1.165, 1.54) is 11.8 Å². The molecule has 0 spiro atoms. The Morgan fingerprint density at radius 3 is 2.36 bits per heavy atom. The fraction of sp³-hybridized carbons (Fsp3) is 0.343. The van der Waals surface area contributed by atoms with Gasteiger partial charge >= 0.3 is 5.97 Å². The summed E-state index contributed by atoms with van der Waals surface area (Å²) in [5, 5.41) is 0.916. The van der Waals surface area contributed by atoms with Crippen molar-refractivity contribution >= 4 is 28.5 Å². The molecule has 0 amide bonds. The number of allylic oxidation sites excluding steroid dienone is 1. The molecule has 7 heteroatoms. The van der Waals surface area contributed by atoms with Crippen molar-refractivity contribution in [1.29, 1.82) is 0 Å². The van der Waals surface area contributed by atoms with Crippen LogP contribution in [0.4, 0.5) is 5.69 Å². The number of ketones is 1. The van der Waals surface area contributed by atoms with Crippen molar-refractivity contribution in [3.8, 4) is 22.4 Å². The van der Waals surface area contributed by atoms with Gasteiger partial charge in [0.2, 0.25) is 0 Å². The summed E-state index contributed by atoms with van der Waals surface area (Å²) in [6, 6.07) is 16.9. The van der Waals surface area contributed by atoms with Crippen LogP contribution >= 0.6 is 0 Å². The molecule has 42 heavy (non-hydrogen) atoms. The summed E-state index contributed by atoms with van der Waals surface area (Å²) in [6.07, 6.45) is 3.53. The lowest BCUT2D eigenvalue weighted by atomic mass is 9.93. The monoisotopic (exact) mass is 564 g/mol. The fourth-order valence-corrected chi connectivity index (χ4v) is 5.45. The van der Waals surface area contributed by atoms with Gasteiger partial charge in [0.25, 0.3) is 0 Å². The molecule has 7 nitrogen and oxygen atoms in total. The highest BCUT2D eigenvalue weighted by atomic mass is 16.6. The maximum absolute atomic E-state index is 12.6. The van der Waals surface area contributed by atoms with E-state index in [0.717, 1.165) is 76.3 Å². The number of aryl methyl sites for hydroxylation is 1. The van der Waals surface area contributed by atoms with Gasteiger partial charge in [-0.2, -0.15) is 0 Å². The number of likely N-dealkylation sites (N-methyl/N-ethyl adjacent to an activating group) is 1. The number of H-pyrrole nitrogens is 1. The number of ether oxygens (including phenoxy) is 1. The van der Waals surface area contributed by atoms with Crippen LogP contribution < -0.4 is 4.90 Å². The average Bonchev–Trinajstić information content (AvgIpc) is 3.32. The van der Waals surface area contributed by atoms with Crippen molar-refractivity contribution in [2.24, 2.45) is 0 Å². The summed E-state index contributed by atoms with van der Waals surface area (Å²) in [7, 11) is 2.16. The van der Waals surface area contributed by atoms with Crippen LogP contribution in [0.3, 0.4) is 0 Å². The number of aromatic nitrogens is 2. The molecule has 2 aromatic carbocycles. The Hall–Kier alpha value is -4.23. The molecule has 1 fully saturated rings. The van der Waals surface area contributed by atoms with Gasteiger partial charge in [-0.3, -0.25) is 9.59 Å². The number of carbonyl (C=O) groups excluding carboxylic acids is 2. The predicted molar refractivity (Wildman–Crippen MR) is 170 cm³/mol. The molecular formula is C35H40N4O3. The Balaban J connectivity index is 1.59. The molecule has 1 aliphatic heterocycles. The lowest BCUT2D eigenvalue weighted by molar-refractivity contribution is -0.153. The topological polar surface area (TPSA) is 78.5 Å². The highest BCUT2D eigenvalue weighted by Gasteiger charge is 2.21. The number of carbonyl (C=O) groups is 2. The number of anilines is 1. The summed E-state index contributed by atoms with van der Waals surface area (Å²) >= 11 is 0. The molecular weight excluding hydrogens is 524 g/mol. The molecule has 0 radical (unpaired) electrons. The Morgan fingerprint density at radius 2 is 1.69 bits per heavy atom. The van der Waals surface area contributed by atoms with Crippen LogP contribution in [-0.4, -0.2) is 65.4 Å². The first kappa shape index (κ1) is 29.3. The molecule has 2 aromatic heterocycles. The second-order valence-corrected chi connectivity index (χ2v) is 12.2. The molecule has 4 aromatic rings. The zero-order valence-electron chi connectivity index (χ0n) is 25.3. The number of aromatic amines is 1. The highest BCUT2D eigenvalue weighted by molar-refractivity contribution is 6.03. The molecule has 3 heterocycles. The quantitative estimate of drug-likeness (QED) is 0.205. The van der Waals surface area contributed by atoms with Gasteiger partial charge in [0.15, 0.2) is 5.78 Å². The average molecular weight is 565 g/mol. The van der Waals surface area contributed by atoms with Crippen LogP contribution in [0, 0.1) is 6.92 Å². The molecule has 1 aliphatic rings. The number of pyridine rings is 1. The van der Waals surface area contributed by atoms with Gasteiger partial charge in [-0.1, -0.05) is 36.9 Å². The van der Waals surface area contributed by atoms with Gasteiger partial charge in [-0.05, 0) is 86.8 Å². The number of fused-ring (bicyclic) bond motifs is 1. The van der Waals surface area contributed by atoms with E-state index in [4.69, 9.17) is 9.72 Å². The van der Waals surface area contributed by atoms with Crippen molar-refractivity contribution in [2.45, 2.75) is 46.1 Å². The number of nitrogens with zero attached hydrogens (tertiary/aromatic N) is 3. The first-order valence-corrected chi connectivity index (χ1v) is 14.5. The van der Waals surface area contributed by atoms with E-state index < -0.39 is 5.60 Å². The smallest absolute Gasteiger partial charge is 0.310 e. The predicted octanol–water partition coefficient (Wildman–Crippen LogP) is 6.14. The van der Waals surface area contributed by atoms with Crippen LogP contribution in [-0.2, 0) is 27.2 Å². The third-order valence-corrected chi connectivity index (χ3v) is 7.73. The third kappa shape index (κ3) is 6.63. The first-order valence-electron chi connectivity index (χ1n) is 14.5. The van der Waals surface area contributed by atoms with Gasteiger partial charge in [0, 0.05) is 55.4 Å². The minimum absolute atomic E-state index is 0.0183. The summed E-state index contributed by atoms with van der Waals surface area (Å²) < 4.78 is 5.57. The number of hydrogen-bond acceptors (Lipinski definition) is 6. The van der Waals surface area contributed by atoms with Crippen molar-refractivity contribution in [1.82, 2.24) is 14.9 Å². The van der Waals surface area contributed by atoms with Crippen molar-refractivity contribution in [2.75, 3.05) is 38.1 Å². The van der Waals surface area contributed by atoms with Crippen molar-refractivity contribution in [3.05, 3.63) is 84.1 Å². The van der Waals surface area contributed by atoms with Crippen LogP contribution in [0.1, 0.15) is 37.5 Å². The highest BCUT2D eigenvalue weighted by Crippen LogP contribution is 2.39. The van der Waals surface area contributed by atoms with E-state index in [1.807, 2.05) is 33.8 Å². The van der Waals surface area contributed by atoms with Gasteiger partial charge in [0.1, 0.15) is 11.2 Å². The van der Waals surface area contributed by atoms with Gasteiger partial charge in [-0.25, -0.2) is 4.98 Å². The largest absolute Gasteiger partial charge is 0.460 e. The zero-order valence-corrected chi connectivity index (χ0v) is 25.3. The molecule has 0 saturated carbocycles.